The van der Waals surface area contributed by atoms with Crippen LogP contribution in [0.4, 0.5) is 0 Å². The lowest BCUT2D eigenvalue weighted by molar-refractivity contribution is 1.02. The number of rotatable bonds is 1. The first-order chi connectivity index (χ1) is 8.79. The molecule has 0 saturated carbocycles. The Morgan fingerprint density at radius 3 is 2.78 bits per heavy atom. The summed E-state index contributed by atoms with van der Waals surface area (Å²) in [6, 6.07) is 15.7. The monoisotopic (exact) mass is 297 g/mol. The van der Waals surface area contributed by atoms with Gasteiger partial charge in [-0.2, -0.15) is 5.26 Å². The average Bonchev–Trinajstić information content (AvgIpc) is 2.77. The summed E-state index contributed by atoms with van der Waals surface area (Å²) in [6.07, 6.45) is 1.72. The van der Waals surface area contributed by atoms with Crippen molar-refractivity contribution in [3.8, 4) is 11.9 Å². The molecule has 2 heterocycles. The molecule has 86 valence electrons. The maximum Gasteiger partial charge on any atom is 0.138 e. The van der Waals surface area contributed by atoms with Gasteiger partial charge in [-0.15, -0.1) is 0 Å². The van der Waals surface area contributed by atoms with E-state index in [0.717, 1.165) is 21.2 Å². The Kier molecular flexibility index (Phi) is 2.62. The van der Waals surface area contributed by atoms with E-state index in [2.05, 4.69) is 27.0 Å². The SMILES string of the molecule is N#Cc1cc2cc(Br)ccc2n1-c1ccccn1. The Hall–Kier alpha value is -2.12. The van der Waals surface area contributed by atoms with Crippen LogP contribution in [0.1, 0.15) is 5.69 Å². The van der Waals surface area contributed by atoms with Crippen LogP contribution in [0.15, 0.2) is 53.1 Å². The predicted octanol–water partition coefficient (Wildman–Crippen LogP) is 3.66. The van der Waals surface area contributed by atoms with Gasteiger partial charge in [-0.05, 0) is 36.4 Å². The van der Waals surface area contributed by atoms with Gasteiger partial charge in [-0.25, -0.2) is 4.98 Å². The molecule has 18 heavy (non-hydrogen) atoms. The lowest BCUT2D eigenvalue weighted by Crippen LogP contribution is -1.98. The van der Waals surface area contributed by atoms with Gasteiger partial charge in [0.2, 0.25) is 0 Å². The van der Waals surface area contributed by atoms with E-state index in [1.165, 1.54) is 0 Å². The number of benzene rings is 1. The van der Waals surface area contributed by atoms with Crippen LogP contribution < -0.4 is 0 Å². The third kappa shape index (κ3) is 1.69. The van der Waals surface area contributed by atoms with Crippen LogP contribution >= 0.6 is 15.9 Å². The summed E-state index contributed by atoms with van der Waals surface area (Å²) in [6.45, 7) is 0. The summed E-state index contributed by atoms with van der Waals surface area (Å²) >= 11 is 3.44. The first-order valence-corrected chi connectivity index (χ1v) is 6.21. The van der Waals surface area contributed by atoms with Crippen molar-refractivity contribution in [3.63, 3.8) is 0 Å². The lowest BCUT2D eigenvalue weighted by Gasteiger charge is -2.05. The number of halogens is 1. The fraction of sp³-hybridized carbons (Fsp3) is 0. The number of pyridine rings is 1. The van der Waals surface area contributed by atoms with Crippen LogP contribution in [0.2, 0.25) is 0 Å². The summed E-state index contributed by atoms with van der Waals surface area (Å²) in [4.78, 5) is 4.30. The van der Waals surface area contributed by atoms with Crippen molar-refractivity contribution in [1.82, 2.24) is 9.55 Å². The number of fused-ring (bicyclic) bond motifs is 1. The molecule has 3 aromatic rings. The van der Waals surface area contributed by atoms with Crippen molar-refractivity contribution >= 4 is 26.8 Å². The van der Waals surface area contributed by atoms with Gasteiger partial charge in [0.1, 0.15) is 17.6 Å². The zero-order valence-electron chi connectivity index (χ0n) is 9.34. The molecule has 0 saturated heterocycles. The zero-order chi connectivity index (χ0) is 12.5. The maximum absolute atomic E-state index is 9.24. The molecule has 0 aliphatic carbocycles. The van der Waals surface area contributed by atoms with E-state index < -0.39 is 0 Å². The molecule has 2 aromatic heterocycles. The summed E-state index contributed by atoms with van der Waals surface area (Å²) < 4.78 is 2.86. The molecule has 0 N–H and O–H groups in total. The van der Waals surface area contributed by atoms with Gasteiger partial charge >= 0.3 is 0 Å². The first-order valence-electron chi connectivity index (χ1n) is 5.42. The largest absolute Gasteiger partial charge is 0.285 e. The molecule has 0 spiro atoms. The number of aromatic nitrogens is 2. The molecule has 0 unspecified atom stereocenters. The van der Waals surface area contributed by atoms with Gasteiger partial charge in [0.15, 0.2) is 0 Å². The van der Waals surface area contributed by atoms with Crippen LogP contribution in [-0.2, 0) is 0 Å². The Morgan fingerprint density at radius 2 is 2.06 bits per heavy atom. The zero-order valence-corrected chi connectivity index (χ0v) is 10.9. The Morgan fingerprint density at radius 1 is 1.17 bits per heavy atom. The summed E-state index contributed by atoms with van der Waals surface area (Å²) in [7, 11) is 0. The normalized spacial score (nSPS) is 10.4. The van der Waals surface area contributed by atoms with Gasteiger partial charge in [-0.3, -0.25) is 4.57 Å². The molecule has 0 aliphatic heterocycles. The molecule has 0 amide bonds. The fourth-order valence-corrected chi connectivity index (χ4v) is 2.38. The molecule has 0 radical (unpaired) electrons. The van der Waals surface area contributed by atoms with Crippen LogP contribution in [0, 0.1) is 11.3 Å². The van der Waals surface area contributed by atoms with Crippen molar-refractivity contribution in [3.05, 3.63) is 58.8 Å². The maximum atomic E-state index is 9.24. The highest BCUT2D eigenvalue weighted by Crippen LogP contribution is 2.25. The smallest absolute Gasteiger partial charge is 0.138 e. The van der Waals surface area contributed by atoms with Gasteiger partial charge in [0.05, 0.1) is 5.52 Å². The standard InChI is InChI=1S/C14H8BrN3/c15-11-4-5-13-10(7-11)8-12(9-16)18(13)14-3-1-2-6-17-14/h1-8H. The quantitative estimate of drug-likeness (QED) is 0.688. The van der Waals surface area contributed by atoms with Gasteiger partial charge in [-0.1, -0.05) is 22.0 Å². The first kappa shape index (κ1) is 11.0. The topological polar surface area (TPSA) is 41.6 Å². The molecule has 0 aliphatic rings. The Balaban J connectivity index is 2.38. The van der Waals surface area contributed by atoms with Crippen molar-refractivity contribution < 1.29 is 0 Å². The minimum atomic E-state index is 0.585. The molecule has 0 atom stereocenters. The second kappa shape index (κ2) is 4.28. The Bertz CT molecular complexity index is 754. The molecule has 4 heteroatoms. The van der Waals surface area contributed by atoms with E-state index in [4.69, 9.17) is 0 Å². The molecule has 1 aromatic carbocycles. The summed E-state index contributed by atoms with van der Waals surface area (Å²) in [5.41, 5.74) is 1.57. The second-order valence-electron chi connectivity index (χ2n) is 3.87. The number of nitrogens with zero attached hydrogens (tertiary/aromatic N) is 3. The molecule has 3 nitrogen and oxygen atoms in total. The van der Waals surface area contributed by atoms with E-state index in [1.807, 2.05) is 47.0 Å². The highest BCUT2D eigenvalue weighted by atomic mass is 79.9. The minimum Gasteiger partial charge on any atom is -0.285 e. The fourth-order valence-electron chi connectivity index (χ4n) is 2.00. The molecule has 0 bridgehead atoms. The van der Waals surface area contributed by atoms with E-state index in [-0.39, 0.29) is 0 Å². The van der Waals surface area contributed by atoms with Gasteiger partial charge in [0.25, 0.3) is 0 Å². The average molecular weight is 298 g/mol. The summed E-state index contributed by atoms with van der Waals surface area (Å²) in [5.74, 6) is 0.756. The Labute approximate surface area is 112 Å². The van der Waals surface area contributed by atoms with E-state index in [0.29, 0.717) is 5.69 Å². The highest BCUT2D eigenvalue weighted by molar-refractivity contribution is 9.10. The molecule has 3 rings (SSSR count). The highest BCUT2D eigenvalue weighted by Gasteiger charge is 2.10. The molecule has 0 fully saturated rings. The van der Waals surface area contributed by atoms with E-state index in [9.17, 15) is 5.26 Å². The van der Waals surface area contributed by atoms with Crippen molar-refractivity contribution in [2.24, 2.45) is 0 Å². The van der Waals surface area contributed by atoms with Crippen molar-refractivity contribution in [1.29, 1.82) is 5.26 Å². The molecular formula is C14H8BrN3. The summed E-state index contributed by atoms with van der Waals surface area (Å²) in [5, 5.41) is 10.3. The van der Waals surface area contributed by atoms with Crippen LogP contribution in [0.5, 0.6) is 0 Å². The van der Waals surface area contributed by atoms with Crippen LogP contribution in [0.25, 0.3) is 16.7 Å². The molecular weight excluding hydrogens is 290 g/mol. The predicted molar refractivity (Wildman–Crippen MR) is 73.5 cm³/mol. The second-order valence-corrected chi connectivity index (χ2v) is 4.78. The van der Waals surface area contributed by atoms with Gasteiger partial charge < -0.3 is 0 Å². The third-order valence-corrected chi connectivity index (χ3v) is 3.25. The lowest BCUT2D eigenvalue weighted by atomic mass is 10.2. The number of nitriles is 1. The number of hydrogen-bond donors (Lipinski definition) is 0. The number of hydrogen-bond acceptors (Lipinski definition) is 2. The van der Waals surface area contributed by atoms with Gasteiger partial charge in [0, 0.05) is 16.1 Å². The van der Waals surface area contributed by atoms with E-state index >= 15 is 0 Å². The minimum absolute atomic E-state index is 0.585. The van der Waals surface area contributed by atoms with Crippen molar-refractivity contribution in [2.45, 2.75) is 0 Å². The van der Waals surface area contributed by atoms with Crippen LogP contribution in [-0.4, -0.2) is 9.55 Å². The van der Waals surface area contributed by atoms with Crippen LogP contribution in [0.3, 0.4) is 0 Å². The van der Waals surface area contributed by atoms with Crippen molar-refractivity contribution in [2.75, 3.05) is 0 Å². The van der Waals surface area contributed by atoms with E-state index in [1.54, 1.807) is 6.20 Å². The third-order valence-electron chi connectivity index (χ3n) is 2.76.